The Hall–Kier alpha value is -2.48. The van der Waals surface area contributed by atoms with Gasteiger partial charge in [-0.25, -0.2) is 0 Å². The number of aromatic nitrogens is 3. The normalized spacial score (nSPS) is 10.2. The molecule has 20 heavy (non-hydrogen) atoms. The highest BCUT2D eigenvalue weighted by molar-refractivity contribution is 5.57. The minimum absolute atomic E-state index is 0.577. The summed E-state index contributed by atoms with van der Waals surface area (Å²) in [4.78, 5) is 6.36. The number of aryl methyl sites for hydroxylation is 2. The quantitative estimate of drug-likeness (QED) is 0.853. The van der Waals surface area contributed by atoms with Gasteiger partial charge in [0.15, 0.2) is 5.82 Å². The lowest BCUT2D eigenvalue weighted by molar-refractivity contribution is 0.824. The van der Waals surface area contributed by atoms with Crippen LogP contribution in [0.2, 0.25) is 0 Å². The Bertz CT molecular complexity index is 672. The zero-order chi connectivity index (χ0) is 14.7. The molecular formula is C15H17N5. The maximum absolute atomic E-state index is 9.32. The Balaban J connectivity index is 2.33. The average molecular weight is 267 g/mol. The number of anilines is 1. The van der Waals surface area contributed by atoms with Gasteiger partial charge >= 0.3 is 0 Å². The van der Waals surface area contributed by atoms with Crippen LogP contribution < -0.4 is 4.90 Å². The predicted octanol–water partition coefficient (Wildman–Crippen LogP) is 2.30. The second kappa shape index (κ2) is 5.66. The van der Waals surface area contributed by atoms with Crippen molar-refractivity contribution in [3.63, 3.8) is 0 Å². The van der Waals surface area contributed by atoms with E-state index in [-0.39, 0.29) is 0 Å². The Labute approximate surface area is 118 Å². The van der Waals surface area contributed by atoms with Crippen LogP contribution in [0.4, 0.5) is 5.82 Å². The third kappa shape index (κ3) is 2.75. The molecule has 5 heteroatoms. The van der Waals surface area contributed by atoms with Gasteiger partial charge in [-0.3, -0.25) is 4.98 Å². The molecule has 0 saturated carbocycles. The average Bonchev–Trinajstić information content (AvgIpc) is 2.41. The zero-order valence-electron chi connectivity index (χ0n) is 12.2. The Kier molecular flexibility index (Phi) is 3.94. The van der Waals surface area contributed by atoms with E-state index in [0.29, 0.717) is 17.9 Å². The molecule has 2 aromatic heterocycles. The van der Waals surface area contributed by atoms with Crippen molar-refractivity contribution in [1.29, 1.82) is 5.26 Å². The molecule has 0 fully saturated rings. The summed E-state index contributed by atoms with van der Waals surface area (Å²) in [5.41, 5.74) is 4.15. The van der Waals surface area contributed by atoms with Crippen LogP contribution in [-0.4, -0.2) is 22.2 Å². The van der Waals surface area contributed by atoms with Crippen LogP contribution in [0.3, 0.4) is 0 Å². The number of nitrogens with zero attached hydrogens (tertiary/aromatic N) is 5. The third-order valence-electron chi connectivity index (χ3n) is 3.25. The van der Waals surface area contributed by atoms with Crippen molar-refractivity contribution >= 4 is 5.82 Å². The third-order valence-corrected chi connectivity index (χ3v) is 3.25. The van der Waals surface area contributed by atoms with Gasteiger partial charge < -0.3 is 4.90 Å². The monoisotopic (exact) mass is 267 g/mol. The summed E-state index contributed by atoms with van der Waals surface area (Å²) in [5.74, 6) is 0.596. The molecule has 0 aliphatic rings. The van der Waals surface area contributed by atoms with E-state index in [9.17, 15) is 5.26 Å². The number of pyridine rings is 1. The molecule has 0 aliphatic carbocycles. The molecule has 0 spiro atoms. The van der Waals surface area contributed by atoms with E-state index in [1.54, 1.807) is 0 Å². The zero-order valence-corrected chi connectivity index (χ0v) is 12.2. The summed E-state index contributed by atoms with van der Waals surface area (Å²) in [6, 6.07) is 8.11. The Morgan fingerprint density at radius 1 is 1.20 bits per heavy atom. The van der Waals surface area contributed by atoms with Crippen molar-refractivity contribution < 1.29 is 0 Å². The van der Waals surface area contributed by atoms with Crippen LogP contribution in [0.1, 0.15) is 28.2 Å². The fourth-order valence-electron chi connectivity index (χ4n) is 2.00. The molecule has 5 nitrogen and oxygen atoms in total. The fraction of sp³-hybridized carbons (Fsp3) is 0.333. The second-order valence-electron chi connectivity index (χ2n) is 4.85. The minimum Gasteiger partial charge on any atom is -0.351 e. The number of hydrogen-bond donors (Lipinski definition) is 0. The van der Waals surface area contributed by atoms with E-state index in [4.69, 9.17) is 0 Å². The van der Waals surface area contributed by atoms with E-state index in [1.807, 2.05) is 50.9 Å². The largest absolute Gasteiger partial charge is 0.351 e. The van der Waals surface area contributed by atoms with E-state index in [2.05, 4.69) is 21.3 Å². The molecule has 0 aliphatic heterocycles. The summed E-state index contributed by atoms with van der Waals surface area (Å²) in [7, 11) is 1.89. The van der Waals surface area contributed by atoms with Gasteiger partial charge in [-0.15, -0.1) is 5.10 Å². The van der Waals surface area contributed by atoms with Gasteiger partial charge in [0.1, 0.15) is 11.6 Å². The van der Waals surface area contributed by atoms with Crippen LogP contribution in [0.25, 0.3) is 0 Å². The highest BCUT2D eigenvalue weighted by Crippen LogP contribution is 2.21. The smallest absolute Gasteiger partial charge is 0.169 e. The van der Waals surface area contributed by atoms with Crippen LogP contribution in [0.15, 0.2) is 18.2 Å². The van der Waals surface area contributed by atoms with E-state index in [1.165, 1.54) is 0 Å². The number of nitriles is 1. The van der Waals surface area contributed by atoms with Gasteiger partial charge in [0.05, 0.1) is 17.9 Å². The molecule has 2 rings (SSSR count). The molecule has 0 saturated heterocycles. The minimum atomic E-state index is 0.577. The first kappa shape index (κ1) is 13.9. The summed E-state index contributed by atoms with van der Waals surface area (Å²) in [6.45, 7) is 6.30. The van der Waals surface area contributed by atoms with E-state index < -0.39 is 0 Å². The molecule has 2 heterocycles. The van der Waals surface area contributed by atoms with Crippen molar-refractivity contribution in [3.05, 3.63) is 46.4 Å². The topological polar surface area (TPSA) is 65.7 Å². The molecule has 0 atom stereocenters. The fourth-order valence-corrected chi connectivity index (χ4v) is 2.00. The lowest BCUT2D eigenvalue weighted by Gasteiger charge is -2.19. The van der Waals surface area contributed by atoms with Crippen molar-refractivity contribution in [2.45, 2.75) is 27.3 Å². The predicted molar refractivity (Wildman–Crippen MR) is 77.3 cm³/mol. The molecule has 0 aromatic carbocycles. The van der Waals surface area contributed by atoms with Crippen molar-refractivity contribution in [2.75, 3.05) is 11.9 Å². The molecule has 102 valence electrons. The molecule has 2 aromatic rings. The molecule has 0 N–H and O–H groups in total. The standard InChI is InChI=1S/C15H17N5/c1-10-6-5-7-13(17-10)9-20(4)15-14(8-16)11(2)12(3)18-19-15/h5-7H,9H2,1-4H3. The highest BCUT2D eigenvalue weighted by atomic mass is 15.3. The number of rotatable bonds is 3. The summed E-state index contributed by atoms with van der Waals surface area (Å²) in [5, 5.41) is 17.6. The van der Waals surface area contributed by atoms with Gasteiger partial charge in [0.25, 0.3) is 0 Å². The Morgan fingerprint density at radius 2 is 1.95 bits per heavy atom. The summed E-state index contributed by atoms with van der Waals surface area (Å²) in [6.07, 6.45) is 0. The van der Waals surface area contributed by atoms with E-state index in [0.717, 1.165) is 22.6 Å². The van der Waals surface area contributed by atoms with Gasteiger partial charge in [0, 0.05) is 12.7 Å². The molecule has 0 unspecified atom stereocenters. The van der Waals surface area contributed by atoms with Crippen molar-refractivity contribution in [2.24, 2.45) is 0 Å². The first-order valence-corrected chi connectivity index (χ1v) is 6.40. The van der Waals surface area contributed by atoms with Crippen LogP contribution >= 0.6 is 0 Å². The highest BCUT2D eigenvalue weighted by Gasteiger charge is 2.15. The molecule has 0 radical (unpaired) electrons. The molecule has 0 bridgehead atoms. The maximum Gasteiger partial charge on any atom is 0.169 e. The van der Waals surface area contributed by atoms with Gasteiger partial charge in [-0.2, -0.15) is 10.4 Å². The number of hydrogen-bond acceptors (Lipinski definition) is 5. The summed E-state index contributed by atoms with van der Waals surface area (Å²) >= 11 is 0. The maximum atomic E-state index is 9.32. The van der Waals surface area contributed by atoms with Gasteiger partial charge in [-0.05, 0) is 38.5 Å². The first-order valence-electron chi connectivity index (χ1n) is 6.40. The van der Waals surface area contributed by atoms with Crippen LogP contribution in [-0.2, 0) is 6.54 Å². The lowest BCUT2D eigenvalue weighted by atomic mass is 10.1. The summed E-state index contributed by atoms with van der Waals surface area (Å²) < 4.78 is 0. The van der Waals surface area contributed by atoms with Crippen molar-refractivity contribution in [1.82, 2.24) is 15.2 Å². The van der Waals surface area contributed by atoms with Gasteiger partial charge in [-0.1, -0.05) is 6.07 Å². The second-order valence-corrected chi connectivity index (χ2v) is 4.85. The first-order chi connectivity index (χ1) is 9.52. The van der Waals surface area contributed by atoms with Gasteiger partial charge in [0.2, 0.25) is 0 Å². The SMILES string of the molecule is Cc1cccc(CN(C)c2nnc(C)c(C)c2C#N)n1. The molecule has 0 amide bonds. The lowest BCUT2D eigenvalue weighted by Crippen LogP contribution is -2.21. The Morgan fingerprint density at radius 3 is 2.60 bits per heavy atom. The molecular weight excluding hydrogens is 250 g/mol. The van der Waals surface area contributed by atoms with Crippen molar-refractivity contribution in [3.8, 4) is 6.07 Å². The van der Waals surface area contributed by atoms with Crippen LogP contribution in [0.5, 0.6) is 0 Å². The van der Waals surface area contributed by atoms with E-state index >= 15 is 0 Å². The van der Waals surface area contributed by atoms with Crippen LogP contribution in [0, 0.1) is 32.1 Å².